The highest BCUT2D eigenvalue weighted by Crippen LogP contribution is 2.14. The molecule has 0 radical (unpaired) electrons. The fraction of sp³-hybridized carbons (Fsp3) is 0. The van der Waals surface area contributed by atoms with E-state index in [-0.39, 0.29) is 10.6 Å². The highest BCUT2D eigenvalue weighted by Gasteiger charge is 2.13. The minimum Gasteiger partial charge on any atom is -0.267 e. The van der Waals surface area contributed by atoms with Crippen molar-refractivity contribution in [3.63, 3.8) is 0 Å². The van der Waals surface area contributed by atoms with Gasteiger partial charge in [-0.2, -0.15) is 0 Å². The molecule has 2 rings (SSSR count). The molecule has 1 heterocycles. The third kappa shape index (κ3) is 3.30. The van der Waals surface area contributed by atoms with E-state index in [1.54, 1.807) is 17.5 Å². The number of thiophene rings is 1. The van der Waals surface area contributed by atoms with Crippen LogP contribution in [0.2, 0.25) is 5.02 Å². The maximum Gasteiger partial charge on any atom is 0.279 e. The van der Waals surface area contributed by atoms with Crippen LogP contribution < -0.4 is 10.9 Å². The molecule has 1 aromatic carbocycles. The van der Waals surface area contributed by atoms with Crippen molar-refractivity contribution in [1.29, 1.82) is 0 Å². The summed E-state index contributed by atoms with van der Waals surface area (Å²) < 4.78 is 13.4. The average molecular weight is 299 g/mol. The summed E-state index contributed by atoms with van der Waals surface area (Å²) in [6.07, 6.45) is 0. The lowest BCUT2D eigenvalue weighted by Gasteiger charge is -2.07. The highest BCUT2D eigenvalue weighted by atomic mass is 35.5. The van der Waals surface area contributed by atoms with Crippen LogP contribution in [-0.2, 0) is 0 Å². The molecule has 98 valence electrons. The second kappa shape index (κ2) is 5.81. The zero-order valence-electron chi connectivity index (χ0n) is 9.44. The molecule has 19 heavy (non-hydrogen) atoms. The smallest absolute Gasteiger partial charge is 0.267 e. The van der Waals surface area contributed by atoms with Gasteiger partial charge < -0.3 is 0 Å². The molecule has 7 heteroatoms. The molecule has 2 N–H and O–H groups in total. The molecule has 0 bridgehead atoms. The number of amides is 2. The van der Waals surface area contributed by atoms with Crippen LogP contribution in [0.25, 0.3) is 0 Å². The number of benzene rings is 1. The Labute approximate surface area is 117 Å². The summed E-state index contributed by atoms with van der Waals surface area (Å²) in [6.45, 7) is 0. The van der Waals surface area contributed by atoms with Crippen LogP contribution >= 0.6 is 22.9 Å². The molecule has 0 aliphatic heterocycles. The Morgan fingerprint density at radius 3 is 2.58 bits per heavy atom. The Kier molecular flexibility index (Phi) is 4.13. The molecule has 0 aliphatic carbocycles. The number of hydrogen-bond donors (Lipinski definition) is 2. The number of carbonyl (C=O) groups is 2. The summed E-state index contributed by atoms with van der Waals surface area (Å²) in [4.78, 5) is 23.7. The van der Waals surface area contributed by atoms with E-state index in [9.17, 15) is 14.0 Å². The van der Waals surface area contributed by atoms with Gasteiger partial charge in [-0.05, 0) is 29.6 Å². The average Bonchev–Trinajstić information content (AvgIpc) is 2.92. The van der Waals surface area contributed by atoms with E-state index in [4.69, 9.17) is 11.6 Å². The van der Waals surface area contributed by atoms with Crippen LogP contribution in [-0.4, -0.2) is 11.8 Å². The van der Waals surface area contributed by atoms with Gasteiger partial charge in [0.2, 0.25) is 0 Å². The van der Waals surface area contributed by atoms with Crippen molar-refractivity contribution in [2.45, 2.75) is 0 Å². The van der Waals surface area contributed by atoms with Crippen LogP contribution in [0.3, 0.4) is 0 Å². The number of nitrogens with one attached hydrogen (secondary N) is 2. The van der Waals surface area contributed by atoms with E-state index in [2.05, 4.69) is 10.9 Å². The summed E-state index contributed by atoms with van der Waals surface area (Å²) in [6, 6.07) is 6.91. The van der Waals surface area contributed by atoms with Crippen LogP contribution in [0.1, 0.15) is 20.0 Å². The Hall–Kier alpha value is -1.92. The molecule has 0 saturated heterocycles. The lowest BCUT2D eigenvalue weighted by Crippen LogP contribution is -2.41. The second-order valence-corrected chi connectivity index (χ2v) is 4.89. The maximum absolute atomic E-state index is 13.4. The largest absolute Gasteiger partial charge is 0.279 e. The van der Waals surface area contributed by atoms with Crippen molar-refractivity contribution < 1.29 is 14.0 Å². The Balaban J connectivity index is 2.02. The highest BCUT2D eigenvalue weighted by molar-refractivity contribution is 7.12. The molecular formula is C12H8ClFN2O2S. The van der Waals surface area contributed by atoms with Crippen molar-refractivity contribution in [3.8, 4) is 0 Å². The lowest BCUT2D eigenvalue weighted by atomic mass is 10.2. The fourth-order valence-electron chi connectivity index (χ4n) is 1.32. The van der Waals surface area contributed by atoms with Gasteiger partial charge in [-0.3, -0.25) is 20.4 Å². The van der Waals surface area contributed by atoms with Crippen LogP contribution in [0.5, 0.6) is 0 Å². The molecule has 2 amide bonds. The first-order chi connectivity index (χ1) is 9.08. The van der Waals surface area contributed by atoms with Gasteiger partial charge in [0.25, 0.3) is 11.8 Å². The molecular weight excluding hydrogens is 291 g/mol. The van der Waals surface area contributed by atoms with Crippen LogP contribution in [0, 0.1) is 5.82 Å². The number of carbonyl (C=O) groups excluding carboxylic acids is 2. The first kappa shape index (κ1) is 13.5. The third-order valence-corrected chi connectivity index (χ3v) is 3.31. The van der Waals surface area contributed by atoms with Gasteiger partial charge in [0.1, 0.15) is 5.82 Å². The molecule has 0 spiro atoms. The van der Waals surface area contributed by atoms with Crippen molar-refractivity contribution in [2.24, 2.45) is 0 Å². The Morgan fingerprint density at radius 1 is 1.16 bits per heavy atom. The summed E-state index contributed by atoms with van der Waals surface area (Å²) in [5.74, 6) is -1.96. The van der Waals surface area contributed by atoms with E-state index >= 15 is 0 Å². The number of hydrogen-bond acceptors (Lipinski definition) is 3. The van der Waals surface area contributed by atoms with Crippen LogP contribution in [0.15, 0.2) is 35.7 Å². The first-order valence-electron chi connectivity index (χ1n) is 5.17. The number of rotatable bonds is 2. The van der Waals surface area contributed by atoms with Gasteiger partial charge in [0.15, 0.2) is 0 Å². The monoisotopic (exact) mass is 298 g/mol. The molecule has 4 nitrogen and oxygen atoms in total. The molecule has 0 fully saturated rings. The molecule has 0 atom stereocenters. The topological polar surface area (TPSA) is 58.2 Å². The van der Waals surface area contributed by atoms with Crippen molar-refractivity contribution in [3.05, 3.63) is 57.0 Å². The molecule has 0 unspecified atom stereocenters. The molecule has 0 saturated carbocycles. The normalized spacial score (nSPS) is 10.0. The predicted molar refractivity (Wildman–Crippen MR) is 70.7 cm³/mol. The second-order valence-electron chi connectivity index (χ2n) is 3.51. The zero-order valence-corrected chi connectivity index (χ0v) is 11.0. The van der Waals surface area contributed by atoms with E-state index in [0.717, 1.165) is 6.07 Å². The molecule has 1 aromatic heterocycles. The van der Waals surface area contributed by atoms with Gasteiger partial charge in [-0.25, -0.2) is 4.39 Å². The summed E-state index contributed by atoms with van der Waals surface area (Å²) in [7, 11) is 0. The van der Waals surface area contributed by atoms with Crippen LogP contribution in [0.4, 0.5) is 4.39 Å². The van der Waals surface area contributed by atoms with Crippen molar-refractivity contribution in [1.82, 2.24) is 10.9 Å². The minimum absolute atomic E-state index is 0.233. The van der Waals surface area contributed by atoms with Crippen molar-refractivity contribution >= 4 is 34.8 Å². The quantitative estimate of drug-likeness (QED) is 0.837. The van der Waals surface area contributed by atoms with E-state index in [1.165, 1.54) is 23.5 Å². The minimum atomic E-state index is -0.773. The standard InChI is InChI=1S/C12H8ClFN2O2S/c13-7-3-4-9(14)8(6-7)11(17)15-16-12(18)10-2-1-5-19-10/h1-6H,(H,15,17)(H,16,18). The van der Waals surface area contributed by atoms with Gasteiger partial charge in [-0.15, -0.1) is 11.3 Å². The number of hydrazine groups is 1. The lowest BCUT2D eigenvalue weighted by molar-refractivity contribution is 0.0846. The third-order valence-electron chi connectivity index (χ3n) is 2.21. The Bertz CT molecular complexity index is 616. The van der Waals surface area contributed by atoms with Gasteiger partial charge >= 0.3 is 0 Å². The fourth-order valence-corrected chi connectivity index (χ4v) is 2.11. The number of halogens is 2. The summed E-state index contributed by atoms with van der Waals surface area (Å²) in [5.41, 5.74) is 4.08. The molecule has 0 aliphatic rings. The first-order valence-corrected chi connectivity index (χ1v) is 6.43. The summed E-state index contributed by atoms with van der Waals surface area (Å²) >= 11 is 6.90. The van der Waals surface area contributed by atoms with Gasteiger partial charge in [0, 0.05) is 5.02 Å². The SMILES string of the molecule is O=C(NNC(=O)c1cc(Cl)ccc1F)c1cccs1. The van der Waals surface area contributed by atoms with Crippen molar-refractivity contribution in [2.75, 3.05) is 0 Å². The summed E-state index contributed by atoms with van der Waals surface area (Å²) in [5, 5.41) is 1.96. The Morgan fingerprint density at radius 2 is 1.89 bits per heavy atom. The van der Waals surface area contributed by atoms with E-state index in [1.807, 2.05) is 0 Å². The zero-order chi connectivity index (χ0) is 13.8. The van der Waals surface area contributed by atoms with Gasteiger partial charge in [-0.1, -0.05) is 17.7 Å². The van der Waals surface area contributed by atoms with E-state index in [0.29, 0.717) is 4.88 Å². The molecule has 2 aromatic rings. The maximum atomic E-state index is 13.4. The predicted octanol–water partition coefficient (Wildman–Crippen LogP) is 2.62. The van der Waals surface area contributed by atoms with Gasteiger partial charge in [0.05, 0.1) is 10.4 Å². The van der Waals surface area contributed by atoms with E-state index < -0.39 is 17.6 Å².